The second-order valence-corrected chi connectivity index (χ2v) is 9.66. The largest absolute Gasteiger partial charge is 0.290 e. The third kappa shape index (κ3) is 4.40. The van der Waals surface area contributed by atoms with Crippen molar-refractivity contribution in [3.8, 4) is 6.07 Å². The molecule has 0 aliphatic carbocycles. The zero-order valence-electron chi connectivity index (χ0n) is 17.5. The van der Waals surface area contributed by atoms with E-state index in [-0.39, 0.29) is 10.9 Å². The number of piperazine rings is 1. The van der Waals surface area contributed by atoms with Crippen LogP contribution in [0.2, 0.25) is 0 Å². The van der Waals surface area contributed by atoms with Gasteiger partial charge < -0.3 is 0 Å². The molecule has 3 aromatic carbocycles. The van der Waals surface area contributed by atoms with E-state index in [1.54, 1.807) is 23.4 Å². The molecular weight excluding hydrogens is 406 g/mol. The second kappa shape index (κ2) is 9.03. The molecule has 3 aromatic rings. The summed E-state index contributed by atoms with van der Waals surface area (Å²) < 4.78 is 28.1. The van der Waals surface area contributed by atoms with E-state index in [1.165, 1.54) is 17.2 Å². The van der Waals surface area contributed by atoms with E-state index >= 15 is 0 Å². The highest BCUT2D eigenvalue weighted by molar-refractivity contribution is 7.89. The van der Waals surface area contributed by atoms with Gasteiger partial charge in [-0.25, -0.2) is 8.42 Å². The lowest BCUT2D eigenvalue weighted by molar-refractivity contribution is 0.156. The van der Waals surface area contributed by atoms with Gasteiger partial charge in [-0.2, -0.15) is 9.57 Å². The Morgan fingerprint density at radius 1 is 0.839 bits per heavy atom. The Morgan fingerprint density at radius 2 is 1.39 bits per heavy atom. The minimum Gasteiger partial charge on any atom is -0.290 e. The summed E-state index contributed by atoms with van der Waals surface area (Å²) >= 11 is 0. The number of nitriles is 1. The number of hydrogen-bond donors (Lipinski definition) is 0. The van der Waals surface area contributed by atoms with Crippen molar-refractivity contribution in [3.05, 3.63) is 101 Å². The molecule has 5 nitrogen and oxygen atoms in total. The molecule has 1 fully saturated rings. The van der Waals surface area contributed by atoms with Crippen LogP contribution in [0.15, 0.2) is 83.8 Å². The normalized spacial score (nSPS) is 15.6. The SMILES string of the molecule is Cc1ccc(C#N)cc1S(=O)(=O)N1CCN(C(c2ccccc2)c2ccccc2)CC1. The van der Waals surface area contributed by atoms with Crippen molar-refractivity contribution in [1.29, 1.82) is 5.26 Å². The zero-order valence-corrected chi connectivity index (χ0v) is 18.3. The summed E-state index contributed by atoms with van der Waals surface area (Å²) in [6.45, 7) is 3.85. The lowest BCUT2D eigenvalue weighted by atomic mass is 9.96. The van der Waals surface area contributed by atoms with E-state index in [2.05, 4.69) is 29.2 Å². The smallest absolute Gasteiger partial charge is 0.243 e. The van der Waals surface area contributed by atoms with Crippen LogP contribution < -0.4 is 0 Å². The lowest BCUT2D eigenvalue weighted by Gasteiger charge is -2.39. The molecule has 1 heterocycles. The van der Waals surface area contributed by atoms with Crippen LogP contribution in [-0.4, -0.2) is 43.8 Å². The first kappa shape index (κ1) is 21.3. The zero-order chi connectivity index (χ0) is 21.8. The van der Waals surface area contributed by atoms with Crippen LogP contribution in [0.25, 0.3) is 0 Å². The monoisotopic (exact) mass is 431 g/mol. The minimum atomic E-state index is -3.65. The van der Waals surface area contributed by atoms with Crippen molar-refractivity contribution >= 4 is 10.0 Å². The molecule has 0 N–H and O–H groups in total. The maximum atomic E-state index is 13.3. The number of aryl methyl sites for hydroxylation is 1. The highest BCUT2D eigenvalue weighted by atomic mass is 32.2. The molecule has 0 radical (unpaired) electrons. The molecule has 0 saturated carbocycles. The van der Waals surface area contributed by atoms with Gasteiger partial charge in [-0.1, -0.05) is 66.7 Å². The number of benzene rings is 3. The molecule has 0 amide bonds. The van der Waals surface area contributed by atoms with E-state index in [0.29, 0.717) is 37.3 Å². The van der Waals surface area contributed by atoms with Crippen molar-refractivity contribution < 1.29 is 8.42 Å². The highest BCUT2D eigenvalue weighted by Crippen LogP contribution is 2.31. The van der Waals surface area contributed by atoms with Gasteiger partial charge >= 0.3 is 0 Å². The fourth-order valence-electron chi connectivity index (χ4n) is 4.17. The Hall–Kier alpha value is -2.98. The van der Waals surface area contributed by atoms with Gasteiger partial charge in [0, 0.05) is 26.2 Å². The summed E-state index contributed by atoms with van der Waals surface area (Å²) in [4.78, 5) is 2.57. The van der Waals surface area contributed by atoms with Crippen molar-refractivity contribution in [3.63, 3.8) is 0 Å². The minimum absolute atomic E-state index is 0.0795. The van der Waals surface area contributed by atoms with Crippen molar-refractivity contribution in [1.82, 2.24) is 9.21 Å². The molecule has 0 aromatic heterocycles. The summed E-state index contributed by atoms with van der Waals surface area (Å²) in [5, 5.41) is 9.18. The first-order valence-electron chi connectivity index (χ1n) is 10.4. The first-order valence-corrected chi connectivity index (χ1v) is 11.8. The Balaban J connectivity index is 1.58. The predicted molar refractivity (Wildman–Crippen MR) is 121 cm³/mol. The first-order chi connectivity index (χ1) is 15.0. The fraction of sp³-hybridized carbons (Fsp3) is 0.240. The van der Waals surface area contributed by atoms with Gasteiger partial charge in [-0.15, -0.1) is 0 Å². The topological polar surface area (TPSA) is 64.4 Å². The molecule has 1 saturated heterocycles. The molecule has 6 heteroatoms. The fourth-order valence-corrected chi connectivity index (χ4v) is 5.85. The molecule has 31 heavy (non-hydrogen) atoms. The average molecular weight is 432 g/mol. The number of sulfonamides is 1. The Labute approximate surface area is 184 Å². The molecule has 0 bridgehead atoms. The standard InChI is InChI=1S/C25H25N3O2S/c1-20-12-13-21(19-26)18-24(20)31(29,30)28-16-14-27(15-17-28)25(22-8-4-2-5-9-22)23-10-6-3-7-11-23/h2-13,18,25H,14-17H2,1H3. The van der Waals surface area contributed by atoms with Crippen LogP contribution >= 0.6 is 0 Å². The summed E-state index contributed by atoms with van der Waals surface area (Å²) in [7, 11) is -3.65. The molecular formula is C25H25N3O2S. The number of hydrogen-bond acceptors (Lipinski definition) is 4. The molecule has 158 valence electrons. The molecule has 0 unspecified atom stereocenters. The van der Waals surface area contributed by atoms with Gasteiger partial charge in [0.25, 0.3) is 0 Å². The Morgan fingerprint density at radius 3 is 1.90 bits per heavy atom. The van der Waals surface area contributed by atoms with E-state index < -0.39 is 10.0 Å². The van der Waals surface area contributed by atoms with Crippen LogP contribution in [0.5, 0.6) is 0 Å². The summed E-state index contributed by atoms with van der Waals surface area (Å²) in [5.41, 5.74) is 3.41. The third-order valence-electron chi connectivity index (χ3n) is 5.80. The summed E-state index contributed by atoms with van der Waals surface area (Å²) in [6.07, 6.45) is 0. The van der Waals surface area contributed by atoms with Crippen LogP contribution in [0.4, 0.5) is 0 Å². The van der Waals surface area contributed by atoms with Crippen molar-refractivity contribution in [2.45, 2.75) is 17.9 Å². The maximum absolute atomic E-state index is 13.3. The molecule has 0 spiro atoms. The molecule has 1 aliphatic heterocycles. The van der Waals surface area contributed by atoms with E-state index in [4.69, 9.17) is 0 Å². The average Bonchev–Trinajstić information content (AvgIpc) is 2.81. The lowest BCUT2D eigenvalue weighted by Crippen LogP contribution is -2.49. The van der Waals surface area contributed by atoms with Crippen LogP contribution in [0, 0.1) is 18.3 Å². The maximum Gasteiger partial charge on any atom is 0.243 e. The van der Waals surface area contributed by atoms with Gasteiger partial charge in [-0.05, 0) is 35.7 Å². The second-order valence-electron chi connectivity index (χ2n) is 7.76. The molecule has 4 rings (SSSR count). The Kier molecular flexibility index (Phi) is 6.19. The van der Waals surface area contributed by atoms with Crippen molar-refractivity contribution in [2.75, 3.05) is 26.2 Å². The number of rotatable bonds is 5. The van der Waals surface area contributed by atoms with Gasteiger partial charge in [0.15, 0.2) is 0 Å². The van der Waals surface area contributed by atoms with E-state index in [0.717, 1.165) is 0 Å². The van der Waals surface area contributed by atoms with Gasteiger partial charge in [-0.3, -0.25) is 4.90 Å². The molecule has 1 aliphatic rings. The van der Waals surface area contributed by atoms with Crippen LogP contribution in [0.3, 0.4) is 0 Å². The quantitative estimate of drug-likeness (QED) is 0.613. The summed E-state index contributed by atoms with van der Waals surface area (Å²) in [6, 6.07) is 27.6. The molecule has 0 atom stereocenters. The van der Waals surface area contributed by atoms with Crippen molar-refractivity contribution in [2.24, 2.45) is 0 Å². The van der Waals surface area contributed by atoms with Crippen LogP contribution in [-0.2, 0) is 10.0 Å². The number of nitrogens with zero attached hydrogens (tertiary/aromatic N) is 3. The van der Waals surface area contributed by atoms with Gasteiger partial charge in [0.05, 0.1) is 22.6 Å². The predicted octanol–water partition coefficient (Wildman–Crippen LogP) is 3.96. The Bertz CT molecular complexity index is 1140. The third-order valence-corrected chi connectivity index (χ3v) is 7.84. The van der Waals surface area contributed by atoms with Gasteiger partial charge in [0.1, 0.15) is 0 Å². The van der Waals surface area contributed by atoms with E-state index in [9.17, 15) is 13.7 Å². The van der Waals surface area contributed by atoms with E-state index in [1.807, 2.05) is 42.5 Å². The van der Waals surface area contributed by atoms with Gasteiger partial charge in [0.2, 0.25) is 10.0 Å². The van der Waals surface area contributed by atoms with Crippen LogP contribution in [0.1, 0.15) is 28.3 Å². The highest BCUT2D eigenvalue weighted by Gasteiger charge is 2.33. The summed E-state index contributed by atoms with van der Waals surface area (Å²) in [5.74, 6) is 0.